The summed E-state index contributed by atoms with van der Waals surface area (Å²) >= 11 is 5.92. The van der Waals surface area contributed by atoms with Gasteiger partial charge in [0.2, 0.25) is 5.82 Å². The summed E-state index contributed by atoms with van der Waals surface area (Å²) < 4.78 is 31.1. The van der Waals surface area contributed by atoms with Crippen LogP contribution in [-0.2, 0) is 10.0 Å². The Labute approximate surface area is 131 Å². The normalized spacial score (nSPS) is 11.4. The average molecular weight is 346 g/mol. The molecule has 0 fully saturated rings. The third-order valence-electron chi connectivity index (χ3n) is 2.80. The predicted octanol–water partition coefficient (Wildman–Crippen LogP) is 2.39. The fourth-order valence-electron chi connectivity index (χ4n) is 1.86. The second-order valence-electron chi connectivity index (χ2n) is 4.22. The van der Waals surface area contributed by atoms with Crippen LogP contribution in [0.4, 0.5) is 5.82 Å². The van der Waals surface area contributed by atoms with E-state index in [-0.39, 0.29) is 21.5 Å². The number of ether oxygens (including phenoxy) is 1. The number of nitro groups is 1. The van der Waals surface area contributed by atoms with Gasteiger partial charge >= 0.3 is 15.8 Å². The van der Waals surface area contributed by atoms with E-state index in [1.165, 1.54) is 25.1 Å². The molecule has 118 valence electrons. The highest BCUT2D eigenvalue weighted by atomic mass is 35.5. The van der Waals surface area contributed by atoms with Crippen molar-refractivity contribution in [2.24, 2.45) is 0 Å². The minimum atomic E-state index is -4.19. The lowest BCUT2D eigenvalue weighted by Gasteiger charge is -2.08. The minimum absolute atomic E-state index is 0.0143. The van der Waals surface area contributed by atoms with Crippen LogP contribution in [0, 0.1) is 17.0 Å². The number of hydrogen-bond donors (Lipinski definition) is 0. The van der Waals surface area contributed by atoms with Gasteiger partial charge in [0.15, 0.2) is 0 Å². The summed E-state index contributed by atoms with van der Waals surface area (Å²) in [6.45, 7) is 3.39. The van der Waals surface area contributed by atoms with Crippen molar-refractivity contribution in [3.05, 3.63) is 45.4 Å². The molecular formula is C12H12ClN3O5S. The summed E-state index contributed by atoms with van der Waals surface area (Å²) in [5.41, 5.74) is 0. The number of aryl methyl sites for hydroxylation is 1. The van der Waals surface area contributed by atoms with Crippen LogP contribution >= 0.6 is 11.6 Å². The standard InChI is InChI=1S/C12H12ClN3O5S/c1-3-21-11-6-9(4-5-10(11)13)22(19,20)15-8(2)14-7-12(15)16(17)18/h4-7H,3H2,1-2H3. The summed E-state index contributed by atoms with van der Waals surface area (Å²) in [6, 6.07) is 3.84. The second kappa shape index (κ2) is 5.93. The van der Waals surface area contributed by atoms with Crippen molar-refractivity contribution in [2.75, 3.05) is 6.61 Å². The Morgan fingerprint density at radius 1 is 1.45 bits per heavy atom. The van der Waals surface area contributed by atoms with Crippen molar-refractivity contribution in [1.82, 2.24) is 8.96 Å². The maximum Gasteiger partial charge on any atom is 0.358 e. The van der Waals surface area contributed by atoms with E-state index >= 15 is 0 Å². The molecule has 0 amide bonds. The molecule has 0 saturated carbocycles. The van der Waals surface area contributed by atoms with Gasteiger partial charge in [-0.05, 0) is 24.0 Å². The largest absolute Gasteiger partial charge is 0.492 e. The number of rotatable bonds is 5. The number of halogens is 1. The van der Waals surface area contributed by atoms with Gasteiger partial charge in [0.1, 0.15) is 16.8 Å². The molecule has 1 aromatic carbocycles. The van der Waals surface area contributed by atoms with Crippen LogP contribution in [0.2, 0.25) is 5.02 Å². The lowest BCUT2D eigenvalue weighted by molar-refractivity contribution is -0.390. The van der Waals surface area contributed by atoms with Crippen molar-refractivity contribution in [1.29, 1.82) is 0 Å². The van der Waals surface area contributed by atoms with Crippen LogP contribution in [0.3, 0.4) is 0 Å². The van der Waals surface area contributed by atoms with Gasteiger partial charge < -0.3 is 14.9 Å². The third kappa shape index (κ3) is 2.77. The van der Waals surface area contributed by atoms with Gasteiger partial charge in [-0.2, -0.15) is 8.42 Å². The Kier molecular flexibility index (Phi) is 4.38. The van der Waals surface area contributed by atoms with Crippen LogP contribution in [0.15, 0.2) is 29.3 Å². The lowest BCUT2D eigenvalue weighted by Crippen LogP contribution is -2.16. The topological polar surface area (TPSA) is 104 Å². The molecule has 0 aliphatic carbocycles. The van der Waals surface area contributed by atoms with Gasteiger partial charge in [0.25, 0.3) is 0 Å². The minimum Gasteiger partial charge on any atom is -0.492 e. The highest BCUT2D eigenvalue weighted by Gasteiger charge is 2.32. The van der Waals surface area contributed by atoms with E-state index in [4.69, 9.17) is 16.3 Å². The second-order valence-corrected chi connectivity index (χ2v) is 6.41. The van der Waals surface area contributed by atoms with Crippen molar-refractivity contribution >= 4 is 27.4 Å². The van der Waals surface area contributed by atoms with Gasteiger partial charge in [-0.15, -0.1) is 0 Å². The summed E-state index contributed by atoms with van der Waals surface area (Å²) in [4.78, 5) is 13.7. The fraction of sp³-hybridized carbons (Fsp3) is 0.250. The zero-order valence-electron chi connectivity index (χ0n) is 11.7. The molecule has 0 spiro atoms. The van der Waals surface area contributed by atoms with Gasteiger partial charge in [0, 0.05) is 13.0 Å². The quantitative estimate of drug-likeness (QED) is 0.608. The summed E-state index contributed by atoms with van der Waals surface area (Å²) in [5.74, 6) is -0.462. The van der Waals surface area contributed by atoms with E-state index in [2.05, 4.69) is 4.98 Å². The predicted molar refractivity (Wildman–Crippen MR) is 78.8 cm³/mol. The highest BCUT2D eigenvalue weighted by molar-refractivity contribution is 7.90. The molecule has 1 heterocycles. The number of benzene rings is 1. The van der Waals surface area contributed by atoms with Crippen LogP contribution in [0.5, 0.6) is 5.75 Å². The molecule has 8 nitrogen and oxygen atoms in total. The fourth-order valence-corrected chi connectivity index (χ4v) is 3.49. The molecule has 0 bridgehead atoms. The van der Waals surface area contributed by atoms with E-state index in [1.807, 2.05) is 0 Å². The zero-order valence-corrected chi connectivity index (χ0v) is 13.3. The Hall–Kier alpha value is -2.13. The first-order valence-corrected chi connectivity index (χ1v) is 7.97. The molecule has 0 radical (unpaired) electrons. The molecule has 0 N–H and O–H groups in total. The van der Waals surface area contributed by atoms with Gasteiger partial charge in [-0.3, -0.25) is 0 Å². The molecule has 0 saturated heterocycles. The van der Waals surface area contributed by atoms with Crippen LogP contribution in [0.25, 0.3) is 0 Å². The SMILES string of the molecule is CCOc1cc(S(=O)(=O)n2c([N+](=O)[O-])cnc2C)ccc1Cl. The number of imidazole rings is 1. The first-order valence-electron chi connectivity index (χ1n) is 6.15. The Bertz CT molecular complexity index is 831. The molecule has 22 heavy (non-hydrogen) atoms. The Morgan fingerprint density at radius 2 is 2.14 bits per heavy atom. The maximum atomic E-state index is 12.6. The third-order valence-corrected chi connectivity index (χ3v) is 4.89. The first kappa shape index (κ1) is 16.2. The molecule has 0 unspecified atom stereocenters. The molecular weight excluding hydrogens is 334 g/mol. The van der Waals surface area contributed by atoms with Crippen LogP contribution < -0.4 is 4.74 Å². The van der Waals surface area contributed by atoms with Crippen molar-refractivity contribution in [3.8, 4) is 5.75 Å². The Morgan fingerprint density at radius 3 is 2.73 bits per heavy atom. The molecule has 0 atom stereocenters. The number of aromatic nitrogens is 2. The van der Waals surface area contributed by atoms with E-state index < -0.39 is 20.8 Å². The zero-order chi connectivity index (χ0) is 16.5. The van der Waals surface area contributed by atoms with E-state index in [0.717, 1.165) is 6.20 Å². The number of nitrogens with zero attached hydrogens (tertiary/aromatic N) is 3. The smallest absolute Gasteiger partial charge is 0.358 e. The molecule has 0 aliphatic heterocycles. The van der Waals surface area contributed by atoms with Gasteiger partial charge in [-0.1, -0.05) is 15.6 Å². The summed E-state index contributed by atoms with van der Waals surface area (Å²) in [7, 11) is -4.19. The molecule has 2 aromatic rings. The van der Waals surface area contributed by atoms with Gasteiger partial charge in [0.05, 0.1) is 11.6 Å². The van der Waals surface area contributed by atoms with Crippen LogP contribution in [0.1, 0.15) is 12.7 Å². The van der Waals surface area contributed by atoms with Crippen molar-refractivity contribution < 1.29 is 18.1 Å². The Balaban J connectivity index is 2.64. The first-order chi connectivity index (χ1) is 10.3. The van der Waals surface area contributed by atoms with Crippen molar-refractivity contribution in [3.63, 3.8) is 0 Å². The van der Waals surface area contributed by atoms with E-state index in [1.54, 1.807) is 6.92 Å². The average Bonchev–Trinajstić information content (AvgIpc) is 2.84. The molecule has 1 aromatic heterocycles. The lowest BCUT2D eigenvalue weighted by atomic mass is 10.3. The van der Waals surface area contributed by atoms with E-state index in [9.17, 15) is 18.5 Å². The van der Waals surface area contributed by atoms with Crippen LogP contribution in [-0.4, -0.2) is 28.9 Å². The highest BCUT2D eigenvalue weighted by Crippen LogP contribution is 2.30. The monoisotopic (exact) mass is 345 g/mol. The van der Waals surface area contributed by atoms with Crippen molar-refractivity contribution in [2.45, 2.75) is 18.7 Å². The maximum absolute atomic E-state index is 12.6. The molecule has 0 aliphatic rings. The van der Waals surface area contributed by atoms with E-state index in [0.29, 0.717) is 10.6 Å². The van der Waals surface area contributed by atoms with Gasteiger partial charge in [-0.25, -0.2) is 4.98 Å². The molecule has 10 heteroatoms. The summed E-state index contributed by atoms with van der Waals surface area (Å²) in [6.07, 6.45) is 0.895. The number of hydrogen-bond acceptors (Lipinski definition) is 6. The summed E-state index contributed by atoms with van der Waals surface area (Å²) in [5, 5.41) is 11.2. The molecule has 2 rings (SSSR count).